The summed E-state index contributed by atoms with van der Waals surface area (Å²) in [5.41, 5.74) is 6.11. The highest BCUT2D eigenvalue weighted by atomic mass is 16.2. The molecule has 0 spiro atoms. The zero-order chi connectivity index (χ0) is 9.68. The first-order chi connectivity index (χ1) is 6.29. The maximum absolute atomic E-state index is 11.3. The lowest BCUT2D eigenvalue weighted by Gasteiger charge is -2.19. The molecule has 1 aromatic rings. The van der Waals surface area contributed by atoms with Crippen LogP contribution in [0.2, 0.25) is 0 Å². The van der Waals surface area contributed by atoms with Crippen LogP contribution in [-0.4, -0.2) is 19.0 Å². The molecule has 13 heavy (non-hydrogen) atoms. The fourth-order valence-electron chi connectivity index (χ4n) is 1.12. The minimum absolute atomic E-state index is 0.0183. The van der Waals surface area contributed by atoms with Crippen molar-refractivity contribution in [2.24, 2.45) is 5.73 Å². The van der Waals surface area contributed by atoms with Crippen molar-refractivity contribution in [3.8, 4) is 0 Å². The predicted octanol–water partition coefficient (Wildman–Crippen LogP) is 0.812. The SMILES string of the molecule is [CH2]CN(C(=O)CN)c1ccccc1. The molecule has 3 heteroatoms. The number of amides is 1. The molecule has 69 valence electrons. The van der Waals surface area contributed by atoms with Gasteiger partial charge in [0, 0.05) is 12.2 Å². The smallest absolute Gasteiger partial charge is 0.240 e. The lowest BCUT2D eigenvalue weighted by molar-refractivity contribution is -0.117. The van der Waals surface area contributed by atoms with Gasteiger partial charge in [0.1, 0.15) is 0 Å². The number of carbonyl (C=O) groups excluding carboxylic acids is 1. The van der Waals surface area contributed by atoms with E-state index in [-0.39, 0.29) is 12.5 Å². The first-order valence-corrected chi connectivity index (χ1v) is 4.14. The normalized spacial score (nSPS) is 9.69. The highest BCUT2D eigenvalue weighted by molar-refractivity contribution is 5.94. The Morgan fingerprint density at radius 1 is 1.38 bits per heavy atom. The highest BCUT2D eigenvalue weighted by Crippen LogP contribution is 2.12. The van der Waals surface area contributed by atoms with Crippen molar-refractivity contribution in [2.75, 3.05) is 18.0 Å². The van der Waals surface area contributed by atoms with Gasteiger partial charge in [0.15, 0.2) is 0 Å². The van der Waals surface area contributed by atoms with Crippen LogP contribution >= 0.6 is 0 Å². The Kier molecular flexibility index (Phi) is 3.46. The van der Waals surface area contributed by atoms with E-state index >= 15 is 0 Å². The maximum Gasteiger partial charge on any atom is 0.240 e. The van der Waals surface area contributed by atoms with Crippen LogP contribution in [0.5, 0.6) is 0 Å². The minimum atomic E-state index is -0.110. The van der Waals surface area contributed by atoms with Crippen LogP contribution in [0, 0.1) is 6.92 Å². The number of para-hydroxylation sites is 1. The zero-order valence-corrected chi connectivity index (χ0v) is 7.44. The Balaban J connectivity index is 2.85. The molecule has 0 saturated carbocycles. The molecule has 0 aromatic heterocycles. The van der Waals surface area contributed by atoms with Crippen LogP contribution in [0.3, 0.4) is 0 Å². The van der Waals surface area contributed by atoms with E-state index < -0.39 is 0 Å². The molecule has 0 aliphatic heterocycles. The van der Waals surface area contributed by atoms with Crippen LogP contribution in [0.1, 0.15) is 0 Å². The van der Waals surface area contributed by atoms with E-state index in [2.05, 4.69) is 6.92 Å². The summed E-state index contributed by atoms with van der Waals surface area (Å²) in [6.07, 6.45) is 0. The summed E-state index contributed by atoms with van der Waals surface area (Å²) in [7, 11) is 0. The van der Waals surface area contributed by atoms with Crippen LogP contribution < -0.4 is 10.6 Å². The van der Waals surface area contributed by atoms with Crippen LogP contribution in [0.4, 0.5) is 5.69 Å². The standard InChI is InChI=1S/C10H13N2O/c1-2-12(10(13)8-11)9-6-4-3-5-7-9/h3-7H,1-2,8,11H2. The number of benzene rings is 1. The van der Waals surface area contributed by atoms with Crippen molar-refractivity contribution in [3.63, 3.8) is 0 Å². The topological polar surface area (TPSA) is 46.3 Å². The van der Waals surface area contributed by atoms with E-state index in [0.29, 0.717) is 6.54 Å². The molecule has 0 unspecified atom stereocenters. The number of anilines is 1. The third-order valence-corrected chi connectivity index (χ3v) is 1.77. The van der Waals surface area contributed by atoms with Crippen molar-refractivity contribution >= 4 is 11.6 Å². The summed E-state index contributed by atoms with van der Waals surface area (Å²) in [6, 6.07) is 9.37. The summed E-state index contributed by atoms with van der Waals surface area (Å²) < 4.78 is 0. The fourth-order valence-corrected chi connectivity index (χ4v) is 1.12. The number of carbonyl (C=O) groups is 1. The molecule has 2 N–H and O–H groups in total. The first-order valence-electron chi connectivity index (χ1n) is 4.14. The van der Waals surface area contributed by atoms with Crippen LogP contribution in [0.25, 0.3) is 0 Å². The third-order valence-electron chi connectivity index (χ3n) is 1.77. The van der Waals surface area contributed by atoms with Crippen molar-refractivity contribution in [2.45, 2.75) is 0 Å². The molecule has 0 fully saturated rings. The van der Waals surface area contributed by atoms with Crippen LogP contribution in [0.15, 0.2) is 30.3 Å². The van der Waals surface area contributed by atoms with Gasteiger partial charge in [0.2, 0.25) is 5.91 Å². The molecule has 1 amide bonds. The number of rotatable bonds is 3. The lowest BCUT2D eigenvalue weighted by atomic mass is 10.3. The number of nitrogens with zero attached hydrogens (tertiary/aromatic N) is 1. The molecule has 1 radical (unpaired) electrons. The van der Waals surface area contributed by atoms with Crippen molar-refractivity contribution in [1.82, 2.24) is 0 Å². The average Bonchev–Trinajstić information content (AvgIpc) is 2.20. The Hall–Kier alpha value is -1.35. The van der Waals surface area contributed by atoms with E-state index in [1.165, 1.54) is 0 Å². The quantitative estimate of drug-likeness (QED) is 0.742. The largest absolute Gasteiger partial charge is 0.322 e. The van der Waals surface area contributed by atoms with Crippen LogP contribution in [-0.2, 0) is 4.79 Å². The van der Waals surface area contributed by atoms with Gasteiger partial charge in [-0.15, -0.1) is 0 Å². The molecular formula is C10H13N2O. The van der Waals surface area contributed by atoms with E-state index in [1.807, 2.05) is 30.3 Å². The maximum atomic E-state index is 11.3. The monoisotopic (exact) mass is 177 g/mol. The summed E-state index contributed by atoms with van der Waals surface area (Å²) in [4.78, 5) is 12.9. The van der Waals surface area contributed by atoms with Gasteiger partial charge in [-0.05, 0) is 19.1 Å². The minimum Gasteiger partial charge on any atom is -0.322 e. The second-order valence-electron chi connectivity index (χ2n) is 2.59. The van der Waals surface area contributed by atoms with E-state index in [0.717, 1.165) is 5.69 Å². The Morgan fingerprint density at radius 2 is 2.00 bits per heavy atom. The second kappa shape index (κ2) is 4.62. The van der Waals surface area contributed by atoms with Gasteiger partial charge < -0.3 is 10.6 Å². The molecule has 0 aliphatic rings. The molecule has 0 bridgehead atoms. The second-order valence-corrected chi connectivity index (χ2v) is 2.59. The highest BCUT2D eigenvalue weighted by Gasteiger charge is 2.10. The lowest BCUT2D eigenvalue weighted by Crippen LogP contribution is -2.35. The van der Waals surface area contributed by atoms with Gasteiger partial charge in [0.25, 0.3) is 0 Å². The van der Waals surface area contributed by atoms with Crippen molar-refractivity contribution < 1.29 is 4.79 Å². The number of hydrogen-bond acceptors (Lipinski definition) is 2. The summed E-state index contributed by atoms with van der Waals surface area (Å²) in [5, 5.41) is 0. The molecule has 0 aliphatic carbocycles. The number of hydrogen-bond donors (Lipinski definition) is 1. The molecule has 3 nitrogen and oxygen atoms in total. The number of nitrogens with two attached hydrogens (primary N) is 1. The molecular weight excluding hydrogens is 164 g/mol. The van der Waals surface area contributed by atoms with Crippen molar-refractivity contribution in [3.05, 3.63) is 37.3 Å². The Morgan fingerprint density at radius 3 is 2.46 bits per heavy atom. The van der Waals surface area contributed by atoms with E-state index in [9.17, 15) is 4.79 Å². The molecule has 0 heterocycles. The Labute approximate surface area is 78.2 Å². The summed E-state index contributed by atoms with van der Waals surface area (Å²) in [5.74, 6) is -0.110. The first kappa shape index (κ1) is 9.74. The fraction of sp³-hybridized carbons (Fsp3) is 0.200. The Bertz CT molecular complexity index is 272. The molecule has 0 saturated heterocycles. The van der Waals surface area contributed by atoms with Gasteiger partial charge in [-0.3, -0.25) is 4.79 Å². The summed E-state index contributed by atoms with van der Waals surface area (Å²) >= 11 is 0. The van der Waals surface area contributed by atoms with Gasteiger partial charge in [-0.2, -0.15) is 0 Å². The van der Waals surface area contributed by atoms with Gasteiger partial charge in [-0.1, -0.05) is 18.2 Å². The molecule has 1 rings (SSSR count). The van der Waals surface area contributed by atoms with Gasteiger partial charge in [0.05, 0.1) is 6.54 Å². The predicted molar refractivity (Wildman–Crippen MR) is 53.2 cm³/mol. The zero-order valence-electron chi connectivity index (χ0n) is 7.44. The third kappa shape index (κ3) is 2.29. The van der Waals surface area contributed by atoms with Gasteiger partial charge >= 0.3 is 0 Å². The molecule has 1 aromatic carbocycles. The van der Waals surface area contributed by atoms with E-state index in [1.54, 1.807) is 4.90 Å². The average molecular weight is 177 g/mol. The van der Waals surface area contributed by atoms with E-state index in [4.69, 9.17) is 5.73 Å². The summed E-state index contributed by atoms with van der Waals surface area (Å²) in [6.45, 7) is 4.10. The van der Waals surface area contributed by atoms with Gasteiger partial charge in [-0.25, -0.2) is 0 Å². The van der Waals surface area contributed by atoms with Crippen molar-refractivity contribution in [1.29, 1.82) is 0 Å². The molecule has 0 atom stereocenters.